The summed E-state index contributed by atoms with van der Waals surface area (Å²) in [7, 11) is -3.91. The van der Waals surface area contributed by atoms with E-state index in [9.17, 15) is 22.0 Å². The van der Waals surface area contributed by atoms with Crippen molar-refractivity contribution >= 4 is 15.7 Å². The highest BCUT2D eigenvalue weighted by Crippen LogP contribution is 2.24. The molecule has 37 heavy (non-hydrogen) atoms. The molecule has 3 aromatic rings. The first-order valence-electron chi connectivity index (χ1n) is 12.3. The zero-order chi connectivity index (χ0) is 26.6. The van der Waals surface area contributed by atoms with Crippen LogP contribution >= 0.6 is 0 Å². The van der Waals surface area contributed by atoms with Crippen molar-refractivity contribution in [3.05, 3.63) is 83.2 Å². The largest absolute Gasteiger partial charge is 0.376 e. The van der Waals surface area contributed by atoms with Crippen LogP contribution < -0.4 is 0 Å². The second-order valence-electron chi connectivity index (χ2n) is 9.72. The van der Waals surface area contributed by atoms with Crippen LogP contribution in [-0.4, -0.2) is 48.0 Å². The first kappa shape index (κ1) is 26.9. The van der Waals surface area contributed by atoms with Gasteiger partial charge in [0.2, 0.25) is 15.0 Å². The molecule has 1 aliphatic heterocycles. The molecular weight excluding hydrogens is 500 g/mol. The molecule has 1 fully saturated rings. The van der Waals surface area contributed by atoms with Gasteiger partial charge in [0.25, 0.3) is 5.91 Å². The van der Waals surface area contributed by atoms with Crippen molar-refractivity contribution in [1.82, 2.24) is 14.5 Å². The van der Waals surface area contributed by atoms with Crippen LogP contribution in [0, 0.1) is 17.6 Å². The molecule has 0 bridgehead atoms. The van der Waals surface area contributed by atoms with E-state index in [4.69, 9.17) is 4.74 Å². The number of ether oxygens (including phenoxy) is 1. The number of benzene rings is 2. The normalized spacial score (nSPS) is 15.9. The number of aromatic nitrogens is 2. The van der Waals surface area contributed by atoms with Gasteiger partial charge in [0.1, 0.15) is 11.6 Å². The first-order chi connectivity index (χ1) is 17.6. The molecule has 10 heteroatoms. The van der Waals surface area contributed by atoms with E-state index >= 15 is 0 Å². The third-order valence-corrected chi connectivity index (χ3v) is 7.79. The van der Waals surface area contributed by atoms with Crippen LogP contribution in [0.5, 0.6) is 0 Å². The highest BCUT2D eigenvalue weighted by atomic mass is 32.2. The van der Waals surface area contributed by atoms with Gasteiger partial charge < -0.3 is 14.2 Å². The van der Waals surface area contributed by atoms with E-state index in [1.807, 2.05) is 13.8 Å². The molecule has 7 nitrogen and oxygen atoms in total. The minimum Gasteiger partial charge on any atom is -0.376 e. The van der Waals surface area contributed by atoms with E-state index in [0.29, 0.717) is 24.4 Å². The second-order valence-corrected chi connectivity index (χ2v) is 11.6. The van der Waals surface area contributed by atoms with Crippen LogP contribution in [-0.2, 0) is 33.4 Å². The first-order valence-corrected chi connectivity index (χ1v) is 14.0. The topological polar surface area (TPSA) is 81.5 Å². The van der Waals surface area contributed by atoms with Gasteiger partial charge in [0.15, 0.2) is 0 Å². The highest BCUT2D eigenvalue weighted by molar-refractivity contribution is 7.90. The zero-order valence-electron chi connectivity index (χ0n) is 20.9. The summed E-state index contributed by atoms with van der Waals surface area (Å²) < 4.78 is 61.9. The van der Waals surface area contributed by atoms with E-state index in [1.165, 1.54) is 53.6 Å². The number of hydrogen-bond acceptors (Lipinski definition) is 5. The second kappa shape index (κ2) is 11.5. The van der Waals surface area contributed by atoms with Gasteiger partial charge in [-0.1, -0.05) is 38.1 Å². The Labute approximate surface area is 216 Å². The maximum Gasteiger partial charge on any atom is 0.257 e. The number of nitrogens with zero attached hydrogens (tertiary/aromatic N) is 3. The molecule has 0 N–H and O–H groups in total. The van der Waals surface area contributed by atoms with Crippen LogP contribution in [0.1, 0.15) is 48.3 Å². The van der Waals surface area contributed by atoms with Gasteiger partial charge in [-0.3, -0.25) is 4.79 Å². The van der Waals surface area contributed by atoms with Crippen molar-refractivity contribution in [1.29, 1.82) is 0 Å². The van der Waals surface area contributed by atoms with Crippen LogP contribution in [0.2, 0.25) is 0 Å². The van der Waals surface area contributed by atoms with Gasteiger partial charge in [-0.15, -0.1) is 0 Å². The van der Waals surface area contributed by atoms with Gasteiger partial charge in [-0.25, -0.2) is 22.2 Å². The molecule has 1 atom stereocenters. The van der Waals surface area contributed by atoms with Crippen LogP contribution in [0.4, 0.5) is 8.78 Å². The number of imidazole rings is 1. The molecule has 1 aromatic heterocycles. The lowest BCUT2D eigenvalue weighted by atomic mass is 10.1. The average Bonchev–Trinajstić information content (AvgIpc) is 3.50. The summed E-state index contributed by atoms with van der Waals surface area (Å²) in [5, 5.41) is -0.134. The van der Waals surface area contributed by atoms with Gasteiger partial charge in [0, 0.05) is 13.2 Å². The number of sulfone groups is 1. The maximum absolute atomic E-state index is 14.4. The lowest BCUT2D eigenvalue weighted by molar-refractivity contribution is 0.0706. The van der Waals surface area contributed by atoms with Crippen molar-refractivity contribution in [2.24, 2.45) is 5.92 Å². The summed E-state index contributed by atoms with van der Waals surface area (Å²) in [6, 6.07) is 11.1. The standard InChI is InChI=1S/C27H31F2N3O4S/c1-19(2)15-31(26(33)24-7-3-4-8-25(24)29)16-22-14-30-27(32(22)17-23-6-5-13-36-23)37(34,35)18-20-9-11-21(28)12-10-20/h3-4,7-12,14,19,23H,5-6,13,15-18H2,1-2H3/t23-/m0/s1. The molecule has 0 aliphatic carbocycles. The summed E-state index contributed by atoms with van der Waals surface area (Å²) >= 11 is 0. The zero-order valence-corrected chi connectivity index (χ0v) is 21.8. The summed E-state index contributed by atoms with van der Waals surface area (Å²) in [4.78, 5) is 19.1. The summed E-state index contributed by atoms with van der Waals surface area (Å²) in [5.74, 6) is -1.80. The Morgan fingerprint density at radius 1 is 1.16 bits per heavy atom. The Hall–Kier alpha value is -3.11. The third kappa shape index (κ3) is 6.61. The molecule has 1 aliphatic rings. The summed E-state index contributed by atoms with van der Waals surface area (Å²) in [6.07, 6.45) is 2.92. The Kier molecular flexibility index (Phi) is 8.39. The average molecular weight is 532 g/mol. The molecule has 2 aromatic carbocycles. The van der Waals surface area contributed by atoms with Gasteiger partial charge >= 0.3 is 0 Å². The number of carbonyl (C=O) groups is 1. The number of halogens is 2. The highest BCUT2D eigenvalue weighted by Gasteiger charge is 2.29. The monoisotopic (exact) mass is 531 g/mol. The minimum atomic E-state index is -3.91. The lowest BCUT2D eigenvalue weighted by Gasteiger charge is -2.26. The van der Waals surface area contributed by atoms with E-state index in [0.717, 1.165) is 12.8 Å². The Balaban J connectivity index is 1.68. The van der Waals surface area contributed by atoms with Crippen molar-refractivity contribution in [3.63, 3.8) is 0 Å². The van der Waals surface area contributed by atoms with Crippen molar-refractivity contribution in [3.8, 4) is 0 Å². The molecule has 198 valence electrons. The Morgan fingerprint density at radius 2 is 1.89 bits per heavy atom. The quantitative estimate of drug-likeness (QED) is 0.382. The van der Waals surface area contributed by atoms with E-state index in [1.54, 1.807) is 10.6 Å². The molecule has 0 unspecified atom stereocenters. The minimum absolute atomic E-state index is 0.0440. The molecule has 2 heterocycles. The fourth-order valence-corrected chi connectivity index (χ4v) is 5.98. The van der Waals surface area contributed by atoms with Crippen molar-refractivity contribution < 1.29 is 26.7 Å². The van der Waals surface area contributed by atoms with E-state index in [-0.39, 0.29) is 41.6 Å². The van der Waals surface area contributed by atoms with Crippen LogP contribution in [0.15, 0.2) is 59.9 Å². The number of carbonyl (C=O) groups excluding carboxylic acids is 1. The SMILES string of the molecule is CC(C)CN(Cc1cnc(S(=O)(=O)Cc2ccc(F)cc2)n1C[C@@H]1CCCO1)C(=O)c1ccccc1F. The van der Waals surface area contributed by atoms with Gasteiger partial charge in [-0.05, 0) is 48.6 Å². The van der Waals surface area contributed by atoms with Gasteiger partial charge in [-0.2, -0.15) is 0 Å². The maximum atomic E-state index is 14.4. The molecule has 0 radical (unpaired) electrons. The summed E-state index contributed by atoms with van der Waals surface area (Å²) in [5.41, 5.74) is 0.904. The molecule has 1 saturated heterocycles. The van der Waals surface area contributed by atoms with Crippen LogP contribution in [0.3, 0.4) is 0 Å². The van der Waals surface area contributed by atoms with E-state index in [2.05, 4.69) is 4.98 Å². The van der Waals surface area contributed by atoms with E-state index < -0.39 is 27.4 Å². The predicted octanol–water partition coefficient (Wildman–Crippen LogP) is 4.61. The van der Waals surface area contributed by atoms with Crippen LogP contribution in [0.25, 0.3) is 0 Å². The Morgan fingerprint density at radius 3 is 2.54 bits per heavy atom. The van der Waals surface area contributed by atoms with Crippen molar-refractivity contribution in [2.45, 2.75) is 56.8 Å². The van der Waals surface area contributed by atoms with Gasteiger partial charge in [0.05, 0.1) is 42.4 Å². The molecule has 0 spiro atoms. The smallest absolute Gasteiger partial charge is 0.257 e. The molecule has 4 rings (SSSR count). The molecular formula is C27H31F2N3O4S. The molecule has 1 amide bonds. The lowest BCUT2D eigenvalue weighted by Crippen LogP contribution is -2.35. The fraction of sp³-hybridized carbons (Fsp3) is 0.407. The number of hydrogen-bond donors (Lipinski definition) is 0. The predicted molar refractivity (Wildman–Crippen MR) is 134 cm³/mol. The fourth-order valence-electron chi connectivity index (χ4n) is 4.48. The Bertz CT molecular complexity index is 1330. The molecule has 0 saturated carbocycles. The van der Waals surface area contributed by atoms with Crippen molar-refractivity contribution in [2.75, 3.05) is 13.2 Å². The summed E-state index contributed by atoms with van der Waals surface area (Å²) in [6.45, 7) is 5.15. The third-order valence-electron chi connectivity index (χ3n) is 6.19. The number of amides is 1. The number of rotatable bonds is 10.